The largest absolute Gasteiger partial charge is 0.356 e. The minimum Gasteiger partial charge on any atom is -0.356 e. The normalized spacial score (nSPS) is 15.2. The van der Waals surface area contributed by atoms with Gasteiger partial charge in [-0.3, -0.25) is 4.79 Å². The lowest BCUT2D eigenvalue weighted by Gasteiger charge is -2.13. The van der Waals surface area contributed by atoms with Gasteiger partial charge in [0, 0.05) is 23.6 Å². The average Bonchev–Trinajstić information content (AvgIpc) is 3.24. The van der Waals surface area contributed by atoms with Crippen LogP contribution in [0.25, 0.3) is 11.3 Å². The maximum atomic E-state index is 12.8. The number of carbonyl (C=O) groups excluding carboxylic acids is 1. The maximum absolute atomic E-state index is 12.8. The molecule has 3 rings (SSSR count). The maximum Gasteiger partial charge on any atom is 0.221 e. The zero-order chi connectivity index (χ0) is 19.6. The van der Waals surface area contributed by atoms with Crippen LogP contribution < -0.4 is 5.32 Å². The molecule has 1 aliphatic rings. The van der Waals surface area contributed by atoms with Crippen molar-refractivity contribution in [1.29, 1.82) is 0 Å². The highest BCUT2D eigenvalue weighted by Gasteiger charge is 2.23. The number of hydrogen-bond donors (Lipinski definition) is 1. The summed E-state index contributed by atoms with van der Waals surface area (Å²) in [4.78, 5) is 12.3. The summed E-state index contributed by atoms with van der Waals surface area (Å²) in [6.07, 6.45) is 4.18. The van der Waals surface area contributed by atoms with E-state index in [1.807, 2.05) is 19.9 Å². The fourth-order valence-corrected chi connectivity index (χ4v) is 5.01. The summed E-state index contributed by atoms with van der Waals surface area (Å²) >= 11 is 0. The molecule has 1 aromatic heterocycles. The minimum absolute atomic E-state index is 0.0249. The highest BCUT2D eigenvalue weighted by molar-refractivity contribution is 7.91. The van der Waals surface area contributed by atoms with Gasteiger partial charge >= 0.3 is 0 Å². The molecule has 1 saturated carbocycles. The third-order valence-corrected chi connectivity index (χ3v) is 7.11. The second-order valence-electron chi connectivity index (χ2n) is 7.32. The van der Waals surface area contributed by atoms with Crippen molar-refractivity contribution in [3.8, 4) is 11.3 Å². The molecule has 1 amide bonds. The number of carbonyl (C=O) groups is 1. The van der Waals surface area contributed by atoms with E-state index in [1.165, 1.54) is 0 Å². The first-order valence-electron chi connectivity index (χ1n) is 9.34. The summed E-state index contributed by atoms with van der Waals surface area (Å²) in [6.45, 7) is 5.49. The van der Waals surface area contributed by atoms with Crippen LogP contribution in [-0.2, 0) is 14.6 Å². The van der Waals surface area contributed by atoms with Gasteiger partial charge in [-0.05, 0) is 45.2 Å². The Kier molecular flexibility index (Phi) is 5.69. The molecular weight excluding hydrogens is 364 g/mol. The fraction of sp³-hybridized carbons (Fsp3) is 0.500. The molecule has 0 aliphatic heterocycles. The Morgan fingerprint density at radius 3 is 2.56 bits per heavy atom. The fourth-order valence-electron chi connectivity index (χ4n) is 3.47. The van der Waals surface area contributed by atoms with Gasteiger partial charge in [-0.2, -0.15) is 0 Å². The van der Waals surface area contributed by atoms with Crippen molar-refractivity contribution >= 4 is 15.7 Å². The molecule has 0 radical (unpaired) electrons. The van der Waals surface area contributed by atoms with Gasteiger partial charge in [0.25, 0.3) is 0 Å². The van der Waals surface area contributed by atoms with Gasteiger partial charge in [0.15, 0.2) is 15.6 Å². The minimum atomic E-state index is -3.58. The van der Waals surface area contributed by atoms with Crippen LogP contribution in [0.15, 0.2) is 27.6 Å². The van der Waals surface area contributed by atoms with E-state index in [-0.39, 0.29) is 29.0 Å². The standard InChI is InChI=1S/C20H26N2O4S/c1-13-8-9-16(20-14(2)15(3)22-26-20)12-18(13)27(24,25)11-10-19(23)21-17-6-4-5-7-17/h8-9,12,17H,4-7,10-11H2,1-3H3,(H,21,23). The molecule has 146 valence electrons. The quantitative estimate of drug-likeness (QED) is 0.815. The SMILES string of the molecule is Cc1ccc(-c2onc(C)c2C)cc1S(=O)(=O)CCC(=O)NC1CCCC1. The monoisotopic (exact) mass is 390 g/mol. The molecule has 1 fully saturated rings. The number of aryl methyl sites for hydroxylation is 2. The highest BCUT2D eigenvalue weighted by atomic mass is 32.2. The molecule has 1 aromatic carbocycles. The molecule has 0 atom stereocenters. The summed E-state index contributed by atoms with van der Waals surface area (Å²) in [5.74, 6) is 0.175. The molecule has 2 aromatic rings. The van der Waals surface area contributed by atoms with E-state index in [4.69, 9.17) is 4.52 Å². The molecule has 7 heteroatoms. The summed E-state index contributed by atoms with van der Waals surface area (Å²) < 4.78 is 31.0. The number of amides is 1. The van der Waals surface area contributed by atoms with Crippen molar-refractivity contribution in [2.24, 2.45) is 0 Å². The Bertz CT molecular complexity index is 941. The first-order valence-corrected chi connectivity index (χ1v) is 11.0. The second kappa shape index (κ2) is 7.84. The van der Waals surface area contributed by atoms with Gasteiger partial charge in [0.05, 0.1) is 16.3 Å². The highest BCUT2D eigenvalue weighted by Crippen LogP contribution is 2.29. The number of benzene rings is 1. The zero-order valence-corrected chi connectivity index (χ0v) is 16.9. The van der Waals surface area contributed by atoms with E-state index < -0.39 is 9.84 Å². The molecule has 1 aliphatic carbocycles. The lowest BCUT2D eigenvalue weighted by molar-refractivity contribution is -0.121. The van der Waals surface area contributed by atoms with E-state index in [0.717, 1.165) is 36.9 Å². The van der Waals surface area contributed by atoms with E-state index in [0.29, 0.717) is 16.9 Å². The zero-order valence-electron chi connectivity index (χ0n) is 16.0. The van der Waals surface area contributed by atoms with Gasteiger partial charge in [-0.15, -0.1) is 0 Å². The van der Waals surface area contributed by atoms with Crippen LogP contribution in [-0.4, -0.2) is 31.3 Å². The predicted molar refractivity (Wildman–Crippen MR) is 103 cm³/mol. The molecule has 0 unspecified atom stereocenters. The lowest BCUT2D eigenvalue weighted by Crippen LogP contribution is -2.33. The van der Waals surface area contributed by atoms with Crippen LogP contribution in [0.5, 0.6) is 0 Å². The Morgan fingerprint density at radius 1 is 1.22 bits per heavy atom. The number of nitrogens with zero attached hydrogens (tertiary/aromatic N) is 1. The van der Waals surface area contributed by atoms with Crippen LogP contribution in [0.2, 0.25) is 0 Å². The molecule has 0 saturated heterocycles. The van der Waals surface area contributed by atoms with Crippen molar-refractivity contribution in [2.75, 3.05) is 5.75 Å². The van der Waals surface area contributed by atoms with Crippen molar-refractivity contribution < 1.29 is 17.7 Å². The van der Waals surface area contributed by atoms with Crippen molar-refractivity contribution in [2.45, 2.75) is 63.8 Å². The lowest BCUT2D eigenvalue weighted by atomic mass is 10.1. The van der Waals surface area contributed by atoms with E-state index in [9.17, 15) is 13.2 Å². The Hall–Kier alpha value is -2.15. The number of nitrogens with one attached hydrogen (secondary N) is 1. The van der Waals surface area contributed by atoms with Gasteiger partial charge < -0.3 is 9.84 Å². The molecule has 0 bridgehead atoms. The molecule has 1 heterocycles. The predicted octanol–water partition coefficient (Wildman–Crippen LogP) is 3.49. The summed E-state index contributed by atoms with van der Waals surface area (Å²) in [6, 6.07) is 5.40. The second-order valence-corrected chi connectivity index (χ2v) is 9.40. The number of hydrogen-bond acceptors (Lipinski definition) is 5. The van der Waals surface area contributed by atoms with Crippen LogP contribution in [0, 0.1) is 20.8 Å². The van der Waals surface area contributed by atoms with Crippen LogP contribution in [0.3, 0.4) is 0 Å². The third-order valence-electron chi connectivity index (χ3n) is 5.26. The smallest absolute Gasteiger partial charge is 0.221 e. The third kappa shape index (κ3) is 4.40. The number of aromatic nitrogens is 1. The van der Waals surface area contributed by atoms with Gasteiger partial charge in [0.2, 0.25) is 5.91 Å². The Morgan fingerprint density at radius 2 is 1.93 bits per heavy atom. The summed E-state index contributed by atoms with van der Waals surface area (Å²) in [5.41, 5.74) is 2.99. The molecule has 0 spiro atoms. The molecule has 27 heavy (non-hydrogen) atoms. The van der Waals surface area contributed by atoms with E-state index in [1.54, 1.807) is 19.1 Å². The average molecular weight is 391 g/mol. The first-order chi connectivity index (χ1) is 12.8. The van der Waals surface area contributed by atoms with Crippen LogP contribution in [0.4, 0.5) is 0 Å². The van der Waals surface area contributed by atoms with Gasteiger partial charge in [-0.1, -0.05) is 30.1 Å². The molecular formula is C20H26N2O4S. The first kappa shape index (κ1) is 19.6. The van der Waals surface area contributed by atoms with Crippen molar-refractivity contribution in [3.05, 3.63) is 35.0 Å². The number of rotatable bonds is 6. The summed E-state index contributed by atoms with van der Waals surface area (Å²) in [7, 11) is -3.58. The van der Waals surface area contributed by atoms with Crippen molar-refractivity contribution in [1.82, 2.24) is 10.5 Å². The Balaban J connectivity index is 1.76. The van der Waals surface area contributed by atoms with Gasteiger partial charge in [0.1, 0.15) is 0 Å². The Labute approximate surface area is 160 Å². The van der Waals surface area contributed by atoms with E-state index >= 15 is 0 Å². The van der Waals surface area contributed by atoms with Gasteiger partial charge in [-0.25, -0.2) is 8.42 Å². The molecule has 1 N–H and O–H groups in total. The van der Waals surface area contributed by atoms with Crippen molar-refractivity contribution in [3.63, 3.8) is 0 Å². The molecule has 6 nitrogen and oxygen atoms in total. The van der Waals surface area contributed by atoms with Crippen LogP contribution >= 0.6 is 0 Å². The van der Waals surface area contributed by atoms with E-state index in [2.05, 4.69) is 10.5 Å². The summed E-state index contributed by atoms with van der Waals surface area (Å²) in [5, 5.41) is 6.88. The topological polar surface area (TPSA) is 89.3 Å². The number of sulfone groups is 1. The van der Waals surface area contributed by atoms with Crippen LogP contribution in [0.1, 0.15) is 48.9 Å².